The van der Waals surface area contributed by atoms with Crippen LogP contribution in [-0.2, 0) is 0 Å². The van der Waals surface area contributed by atoms with Crippen molar-refractivity contribution in [2.45, 2.75) is 26.8 Å². The van der Waals surface area contributed by atoms with Crippen molar-refractivity contribution in [2.24, 2.45) is 0 Å². The maximum absolute atomic E-state index is 13.3. The molecule has 1 atom stereocenters. The van der Waals surface area contributed by atoms with Gasteiger partial charge in [0.2, 0.25) is 0 Å². The molecule has 0 spiro atoms. The monoisotopic (exact) mass is 478 g/mol. The lowest BCUT2D eigenvalue weighted by atomic mass is 9.98. The number of anilines is 1. The molecule has 0 aliphatic carbocycles. The topological polar surface area (TPSA) is 102 Å². The summed E-state index contributed by atoms with van der Waals surface area (Å²) in [5, 5.41) is 13.3. The van der Waals surface area contributed by atoms with Crippen LogP contribution in [0, 0.1) is 13.8 Å². The fraction of sp³-hybridized carbons (Fsp3) is 0.192. The number of fused-ring (bicyclic) bond motifs is 1. The summed E-state index contributed by atoms with van der Waals surface area (Å²) in [5.74, 6) is -0.0310. The van der Waals surface area contributed by atoms with Crippen LogP contribution in [0.3, 0.4) is 0 Å². The first-order valence-electron chi connectivity index (χ1n) is 10.6. The Labute approximate surface area is 201 Å². The summed E-state index contributed by atoms with van der Waals surface area (Å²) in [4.78, 5) is 28.9. The summed E-state index contributed by atoms with van der Waals surface area (Å²) in [6, 6.07) is 13.7. The van der Waals surface area contributed by atoms with Crippen LogP contribution >= 0.6 is 11.6 Å². The van der Waals surface area contributed by atoms with Crippen molar-refractivity contribution in [2.75, 3.05) is 12.4 Å². The number of nitrogens with one attached hydrogen (secondary N) is 1. The largest absolute Gasteiger partial charge is 0.497 e. The first-order chi connectivity index (χ1) is 16.2. The van der Waals surface area contributed by atoms with E-state index in [1.54, 1.807) is 38.3 Å². The van der Waals surface area contributed by atoms with Crippen molar-refractivity contribution in [1.82, 2.24) is 4.98 Å². The second-order valence-corrected chi connectivity index (χ2v) is 8.43. The Morgan fingerprint density at radius 1 is 1.15 bits per heavy atom. The maximum atomic E-state index is 13.3. The molecule has 0 amide bonds. The van der Waals surface area contributed by atoms with Gasteiger partial charge in [0.1, 0.15) is 22.2 Å². The van der Waals surface area contributed by atoms with Crippen LogP contribution in [0.15, 0.2) is 57.7 Å². The molecule has 0 radical (unpaired) electrons. The summed E-state index contributed by atoms with van der Waals surface area (Å²) in [6.45, 7) is 5.50. The molecule has 2 aromatic carbocycles. The third kappa shape index (κ3) is 4.34. The van der Waals surface area contributed by atoms with Crippen LogP contribution in [0.25, 0.3) is 22.3 Å². The molecule has 8 heteroatoms. The van der Waals surface area contributed by atoms with Gasteiger partial charge in [-0.1, -0.05) is 17.7 Å². The minimum Gasteiger partial charge on any atom is -0.497 e. The summed E-state index contributed by atoms with van der Waals surface area (Å²) >= 11 is 5.88. The minimum absolute atomic E-state index is 0.0854. The lowest BCUT2D eigenvalue weighted by Gasteiger charge is -2.19. The zero-order chi connectivity index (χ0) is 24.6. The van der Waals surface area contributed by atoms with Gasteiger partial charge in [-0.2, -0.15) is 0 Å². The molecule has 0 fully saturated rings. The number of carboxylic acid groups (broad SMARTS) is 1. The van der Waals surface area contributed by atoms with E-state index >= 15 is 0 Å². The molecule has 0 bridgehead atoms. The number of pyridine rings is 1. The summed E-state index contributed by atoms with van der Waals surface area (Å²) in [5.41, 5.74) is 3.29. The lowest BCUT2D eigenvalue weighted by molar-refractivity contribution is 0.0691. The first kappa shape index (κ1) is 23.3. The standard InChI is InChI=1S/C26H23ClN2O5/c1-13-11-18(15(3)28-20-9-10-21(27)29-22(20)26(31)32)25-19(12-13)23(30)14(2)24(34-25)16-5-7-17(33-4)8-6-16/h5-12,15,28H,1-4H3,(H,31,32). The highest BCUT2D eigenvalue weighted by Crippen LogP contribution is 2.33. The SMILES string of the molecule is COc1ccc(-c2oc3c(C(C)Nc4ccc(Cl)nc4C(=O)O)cc(C)cc3c(=O)c2C)cc1. The second kappa shape index (κ2) is 9.19. The summed E-state index contributed by atoms with van der Waals surface area (Å²) in [7, 11) is 1.59. The van der Waals surface area contributed by atoms with Gasteiger partial charge in [0, 0.05) is 16.7 Å². The molecule has 174 valence electrons. The average Bonchev–Trinajstić information content (AvgIpc) is 2.82. The highest BCUT2D eigenvalue weighted by molar-refractivity contribution is 6.29. The quantitative estimate of drug-likeness (QED) is 0.327. The van der Waals surface area contributed by atoms with Crippen LogP contribution < -0.4 is 15.5 Å². The number of aryl methyl sites for hydroxylation is 1. The number of carbonyl (C=O) groups is 1. The Hall–Kier alpha value is -3.84. The molecule has 0 saturated heterocycles. The predicted molar refractivity (Wildman–Crippen MR) is 132 cm³/mol. The van der Waals surface area contributed by atoms with Crippen LogP contribution in [-0.4, -0.2) is 23.2 Å². The van der Waals surface area contributed by atoms with Gasteiger partial charge in [-0.3, -0.25) is 4.79 Å². The van der Waals surface area contributed by atoms with Crippen molar-refractivity contribution in [3.05, 3.63) is 86.3 Å². The van der Waals surface area contributed by atoms with Gasteiger partial charge in [0.05, 0.1) is 24.2 Å². The van der Waals surface area contributed by atoms with Gasteiger partial charge in [-0.15, -0.1) is 0 Å². The number of ether oxygens (including phenoxy) is 1. The van der Waals surface area contributed by atoms with Crippen molar-refractivity contribution < 1.29 is 19.1 Å². The van der Waals surface area contributed by atoms with E-state index in [2.05, 4.69) is 10.3 Å². The van der Waals surface area contributed by atoms with E-state index < -0.39 is 12.0 Å². The molecule has 0 saturated carbocycles. The number of halogens is 1. The van der Waals surface area contributed by atoms with Crippen LogP contribution in [0.4, 0.5) is 5.69 Å². The molecule has 2 heterocycles. The van der Waals surface area contributed by atoms with E-state index in [1.165, 1.54) is 6.07 Å². The molecule has 4 aromatic rings. The van der Waals surface area contributed by atoms with Gasteiger partial charge in [-0.05, 0) is 68.8 Å². The number of aromatic nitrogens is 1. The fourth-order valence-electron chi connectivity index (χ4n) is 3.93. The Morgan fingerprint density at radius 3 is 2.50 bits per heavy atom. The van der Waals surface area contributed by atoms with Crippen molar-refractivity contribution in [3.63, 3.8) is 0 Å². The van der Waals surface area contributed by atoms with Crippen molar-refractivity contribution in [3.8, 4) is 17.1 Å². The zero-order valence-corrected chi connectivity index (χ0v) is 19.9. The van der Waals surface area contributed by atoms with Gasteiger partial charge in [0.15, 0.2) is 11.1 Å². The van der Waals surface area contributed by atoms with Gasteiger partial charge in [-0.25, -0.2) is 9.78 Å². The third-order valence-electron chi connectivity index (χ3n) is 5.65. The summed E-state index contributed by atoms with van der Waals surface area (Å²) in [6.07, 6.45) is 0. The molecule has 2 N–H and O–H groups in total. The molecule has 2 aromatic heterocycles. The number of benzene rings is 2. The van der Waals surface area contributed by atoms with E-state index in [9.17, 15) is 14.7 Å². The number of hydrogen-bond donors (Lipinski definition) is 2. The van der Waals surface area contributed by atoms with Gasteiger partial charge in [0.25, 0.3) is 0 Å². The number of methoxy groups -OCH3 is 1. The molecular weight excluding hydrogens is 456 g/mol. The third-order valence-corrected chi connectivity index (χ3v) is 5.86. The number of nitrogens with zero attached hydrogens (tertiary/aromatic N) is 1. The smallest absolute Gasteiger partial charge is 0.356 e. The average molecular weight is 479 g/mol. The molecule has 4 rings (SSSR count). The second-order valence-electron chi connectivity index (χ2n) is 8.05. The Kier molecular flexibility index (Phi) is 6.30. The minimum atomic E-state index is -1.20. The van der Waals surface area contributed by atoms with E-state index in [0.29, 0.717) is 39.3 Å². The lowest BCUT2D eigenvalue weighted by Crippen LogP contribution is -2.14. The molecule has 1 unspecified atom stereocenters. The molecule has 34 heavy (non-hydrogen) atoms. The molecule has 7 nitrogen and oxygen atoms in total. The van der Waals surface area contributed by atoms with Crippen molar-refractivity contribution in [1.29, 1.82) is 0 Å². The van der Waals surface area contributed by atoms with Gasteiger partial charge < -0.3 is 19.6 Å². The highest BCUT2D eigenvalue weighted by atomic mass is 35.5. The van der Waals surface area contributed by atoms with E-state index in [0.717, 1.165) is 11.1 Å². The first-order valence-corrected chi connectivity index (χ1v) is 11.0. The number of hydrogen-bond acceptors (Lipinski definition) is 6. The Balaban J connectivity index is 1.87. The normalized spacial score (nSPS) is 11.9. The maximum Gasteiger partial charge on any atom is 0.356 e. The number of rotatable bonds is 6. The molecule has 0 aliphatic heterocycles. The molecular formula is C26H23ClN2O5. The van der Waals surface area contributed by atoms with Crippen LogP contribution in [0.5, 0.6) is 5.75 Å². The van der Waals surface area contributed by atoms with Crippen LogP contribution in [0.2, 0.25) is 5.15 Å². The zero-order valence-electron chi connectivity index (χ0n) is 19.1. The summed E-state index contributed by atoms with van der Waals surface area (Å²) < 4.78 is 11.6. The fourth-order valence-corrected chi connectivity index (χ4v) is 4.08. The number of carboxylic acids is 1. The van der Waals surface area contributed by atoms with E-state index in [-0.39, 0.29) is 16.3 Å². The highest BCUT2D eigenvalue weighted by Gasteiger charge is 2.21. The van der Waals surface area contributed by atoms with E-state index in [4.69, 9.17) is 20.8 Å². The molecule has 0 aliphatic rings. The van der Waals surface area contributed by atoms with E-state index in [1.807, 2.05) is 32.0 Å². The Bertz CT molecular complexity index is 1460. The van der Waals surface area contributed by atoms with Gasteiger partial charge >= 0.3 is 5.97 Å². The Morgan fingerprint density at radius 2 is 1.85 bits per heavy atom. The van der Waals surface area contributed by atoms with Crippen LogP contribution in [0.1, 0.15) is 40.1 Å². The van der Waals surface area contributed by atoms with Crippen molar-refractivity contribution >= 4 is 34.2 Å². The predicted octanol–water partition coefficient (Wildman–Crippen LogP) is 6.01. The number of aromatic carboxylic acids is 1.